The molecule has 0 saturated heterocycles. The van der Waals surface area contributed by atoms with Gasteiger partial charge >= 0.3 is 12.4 Å². The third-order valence-corrected chi connectivity index (χ3v) is 2.79. The average Bonchev–Trinajstić information content (AvgIpc) is 2.56. The van der Waals surface area contributed by atoms with Crippen LogP contribution in [0.5, 0.6) is 0 Å². The molecule has 0 fully saturated rings. The largest absolute Gasteiger partial charge is 0.401 e. The summed E-state index contributed by atoms with van der Waals surface area (Å²) in [6, 6.07) is -0.516. The number of hydrogen-bond donors (Lipinski definition) is 1. The minimum absolute atomic E-state index is 0.000324. The Morgan fingerprint density at radius 2 is 1.74 bits per heavy atom. The standard InChI is InChI=1S/C10H13F6N3/c1-19-6(4-5-18-19)2-3-7(17)8(9(11,12)13)10(14,15)16/h4-5,7-8H,2-3,17H2,1H3. The van der Waals surface area contributed by atoms with Gasteiger partial charge in [0.1, 0.15) is 0 Å². The van der Waals surface area contributed by atoms with Gasteiger partial charge in [-0.15, -0.1) is 0 Å². The number of hydrogen-bond acceptors (Lipinski definition) is 2. The van der Waals surface area contributed by atoms with Gasteiger partial charge in [0.25, 0.3) is 0 Å². The minimum atomic E-state index is -5.40. The first kappa shape index (κ1) is 15.8. The van der Waals surface area contributed by atoms with E-state index in [1.165, 1.54) is 16.9 Å². The molecular weight excluding hydrogens is 276 g/mol. The van der Waals surface area contributed by atoms with Gasteiger partial charge in [0.2, 0.25) is 0 Å². The summed E-state index contributed by atoms with van der Waals surface area (Å²) < 4.78 is 75.7. The van der Waals surface area contributed by atoms with E-state index in [-0.39, 0.29) is 6.42 Å². The number of nitrogens with two attached hydrogens (primary N) is 1. The smallest absolute Gasteiger partial charge is 0.327 e. The van der Waals surface area contributed by atoms with Crippen molar-refractivity contribution in [1.82, 2.24) is 9.78 Å². The highest BCUT2D eigenvalue weighted by Crippen LogP contribution is 2.41. The van der Waals surface area contributed by atoms with Crippen molar-refractivity contribution < 1.29 is 26.3 Å². The first-order valence-corrected chi connectivity index (χ1v) is 5.39. The van der Waals surface area contributed by atoms with Crippen molar-refractivity contribution in [2.24, 2.45) is 18.7 Å². The highest BCUT2D eigenvalue weighted by Gasteiger charge is 2.59. The summed E-state index contributed by atoms with van der Waals surface area (Å²) in [5.74, 6) is -3.51. The molecule has 1 unspecified atom stereocenters. The van der Waals surface area contributed by atoms with Crippen LogP contribution in [0.15, 0.2) is 12.3 Å². The lowest BCUT2D eigenvalue weighted by Gasteiger charge is -2.28. The SMILES string of the molecule is Cn1nccc1CCC(N)C(C(F)(F)F)C(F)(F)F. The summed E-state index contributed by atoms with van der Waals surface area (Å²) in [5, 5.41) is 3.77. The second-order valence-corrected chi connectivity index (χ2v) is 4.21. The molecule has 19 heavy (non-hydrogen) atoms. The third-order valence-electron chi connectivity index (χ3n) is 2.79. The molecule has 110 valence electrons. The molecular formula is C10H13F6N3. The molecule has 0 aliphatic rings. The fraction of sp³-hybridized carbons (Fsp3) is 0.700. The summed E-state index contributed by atoms with van der Waals surface area (Å²) in [6.45, 7) is 0. The number of nitrogens with zero attached hydrogens (tertiary/aromatic N) is 2. The lowest BCUT2D eigenvalue weighted by molar-refractivity contribution is -0.289. The van der Waals surface area contributed by atoms with Gasteiger partial charge in [0.15, 0.2) is 5.92 Å². The molecule has 1 rings (SSSR count). The summed E-state index contributed by atoms with van der Waals surface area (Å²) >= 11 is 0. The van der Waals surface area contributed by atoms with Crippen LogP contribution in [-0.2, 0) is 13.5 Å². The van der Waals surface area contributed by atoms with Crippen molar-refractivity contribution in [3.63, 3.8) is 0 Å². The van der Waals surface area contributed by atoms with E-state index in [0.717, 1.165) is 0 Å². The van der Waals surface area contributed by atoms with Crippen LogP contribution in [0.25, 0.3) is 0 Å². The molecule has 1 atom stereocenters. The van der Waals surface area contributed by atoms with Crippen molar-refractivity contribution in [3.05, 3.63) is 18.0 Å². The highest BCUT2D eigenvalue weighted by molar-refractivity contribution is 5.01. The fourth-order valence-electron chi connectivity index (χ4n) is 1.80. The Kier molecular flexibility index (Phi) is 4.49. The molecule has 0 aromatic carbocycles. The molecule has 0 aliphatic heterocycles. The number of aryl methyl sites for hydroxylation is 2. The Morgan fingerprint density at radius 3 is 2.11 bits per heavy atom. The topological polar surface area (TPSA) is 43.8 Å². The predicted molar refractivity (Wildman–Crippen MR) is 55.1 cm³/mol. The van der Waals surface area contributed by atoms with Gasteiger partial charge < -0.3 is 5.73 Å². The second-order valence-electron chi connectivity index (χ2n) is 4.21. The number of aromatic nitrogens is 2. The van der Waals surface area contributed by atoms with Crippen LogP contribution in [0.3, 0.4) is 0 Å². The Hall–Kier alpha value is -1.25. The van der Waals surface area contributed by atoms with Crippen LogP contribution >= 0.6 is 0 Å². The summed E-state index contributed by atoms with van der Waals surface area (Å²) in [6.07, 6.45) is -9.82. The van der Waals surface area contributed by atoms with Gasteiger partial charge in [0, 0.05) is 25.0 Å². The molecule has 0 amide bonds. The molecule has 0 aliphatic carbocycles. The quantitative estimate of drug-likeness (QED) is 0.865. The maximum atomic E-state index is 12.4. The molecule has 9 heteroatoms. The van der Waals surface area contributed by atoms with E-state index in [1.807, 2.05) is 0 Å². The Balaban J connectivity index is 2.74. The molecule has 0 radical (unpaired) electrons. The molecule has 1 heterocycles. The monoisotopic (exact) mass is 289 g/mol. The number of alkyl halides is 6. The van der Waals surface area contributed by atoms with E-state index in [0.29, 0.717) is 5.69 Å². The Labute approximate surface area is 105 Å². The predicted octanol–water partition coefficient (Wildman–Crippen LogP) is 2.42. The maximum absolute atomic E-state index is 12.4. The van der Waals surface area contributed by atoms with Crippen molar-refractivity contribution in [2.75, 3.05) is 0 Å². The van der Waals surface area contributed by atoms with E-state index < -0.39 is 30.7 Å². The minimum Gasteiger partial charge on any atom is -0.327 e. The van der Waals surface area contributed by atoms with Gasteiger partial charge in [-0.2, -0.15) is 31.4 Å². The number of rotatable bonds is 4. The van der Waals surface area contributed by atoms with Crippen molar-refractivity contribution in [3.8, 4) is 0 Å². The Bertz CT molecular complexity index is 394. The van der Waals surface area contributed by atoms with Crippen molar-refractivity contribution in [1.29, 1.82) is 0 Å². The van der Waals surface area contributed by atoms with Crippen LogP contribution in [0.1, 0.15) is 12.1 Å². The Morgan fingerprint density at radius 1 is 1.21 bits per heavy atom. The fourth-order valence-corrected chi connectivity index (χ4v) is 1.80. The van der Waals surface area contributed by atoms with E-state index in [2.05, 4.69) is 5.10 Å². The zero-order valence-corrected chi connectivity index (χ0v) is 9.96. The first-order chi connectivity index (χ1) is 8.53. The second kappa shape index (κ2) is 5.40. The molecule has 2 N–H and O–H groups in total. The first-order valence-electron chi connectivity index (χ1n) is 5.39. The van der Waals surface area contributed by atoms with E-state index in [9.17, 15) is 26.3 Å². The molecule has 0 bridgehead atoms. The molecule has 3 nitrogen and oxygen atoms in total. The zero-order chi connectivity index (χ0) is 14.8. The van der Waals surface area contributed by atoms with Crippen LogP contribution < -0.4 is 5.73 Å². The zero-order valence-electron chi connectivity index (χ0n) is 9.96. The van der Waals surface area contributed by atoms with Crippen LogP contribution in [-0.4, -0.2) is 28.2 Å². The van der Waals surface area contributed by atoms with Crippen molar-refractivity contribution >= 4 is 0 Å². The van der Waals surface area contributed by atoms with Gasteiger partial charge in [-0.1, -0.05) is 0 Å². The van der Waals surface area contributed by atoms with Crippen LogP contribution in [0.4, 0.5) is 26.3 Å². The summed E-state index contributed by atoms with van der Waals surface area (Å²) in [4.78, 5) is 0. The maximum Gasteiger partial charge on any atom is 0.401 e. The third kappa shape index (κ3) is 4.12. The molecule has 1 aromatic heterocycles. The lowest BCUT2D eigenvalue weighted by atomic mass is 9.94. The van der Waals surface area contributed by atoms with Crippen LogP contribution in [0, 0.1) is 5.92 Å². The lowest BCUT2D eigenvalue weighted by Crippen LogP contribution is -2.49. The molecule has 0 spiro atoms. The summed E-state index contributed by atoms with van der Waals surface area (Å²) in [5.41, 5.74) is 5.61. The van der Waals surface area contributed by atoms with Crippen molar-refractivity contribution in [2.45, 2.75) is 31.2 Å². The van der Waals surface area contributed by atoms with E-state index in [1.54, 1.807) is 7.05 Å². The molecule has 0 saturated carbocycles. The van der Waals surface area contributed by atoms with Gasteiger partial charge in [-0.25, -0.2) is 0 Å². The summed E-state index contributed by atoms with van der Waals surface area (Å²) in [7, 11) is 1.55. The van der Waals surface area contributed by atoms with E-state index >= 15 is 0 Å². The van der Waals surface area contributed by atoms with E-state index in [4.69, 9.17) is 5.73 Å². The highest BCUT2D eigenvalue weighted by atomic mass is 19.4. The van der Waals surface area contributed by atoms with Gasteiger partial charge in [0.05, 0.1) is 0 Å². The van der Waals surface area contributed by atoms with Gasteiger partial charge in [-0.3, -0.25) is 4.68 Å². The molecule has 1 aromatic rings. The van der Waals surface area contributed by atoms with Crippen LogP contribution in [0.2, 0.25) is 0 Å². The normalized spacial score (nSPS) is 15.0. The van der Waals surface area contributed by atoms with Gasteiger partial charge in [-0.05, 0) is 18.9 Å². The number of halogens is 6. The average molecular weight is 289 g/mol.